The summed E-state index contributed by atoms with van der Waals surface area (Å²) < 4.78 is 5.71. The zero-order valence-corrected chi connectivity index (χ0v) is 11.1. The number of rotatable bonds is 5. The summed E-state index contributed by atoms with van der Waals surface area (Å²) >= 11 is 3.43. The highest BCUT2D eigenvalue weighted by atomic mass is 79.9. The van der Waals surface area contributed by atoms with Crippen molar-refractivity contribution in [3.8, 4) is 5.75 Å². The first-order valence-corrected chi connectivity index (χ1v) is 6.67. The van der Waals surface area contributed by atoms with Crippen molar-refractivity contribution < 1.29 is 4.74 Å². The molecule has 0 aliphatic rings. The molecule has 2 nitrogen and oxygen atoms in total. The number of alkyl halides is 1. The zero-order valence-electron chi connectivity index (χ0n) is 9.47. The summed E-state index contributed by atoms with van der Waals surface area (Å²) in [7, 11) is 0. The Morgan fingerprint density at radius 2 is 1.88 bits per heavy atom. The molecule has 1 aromatic heterocycles. The molecule has 2 aromatic rings. The molecule has 0 atom stereocenters. The van der Waals surface area contributed by atoms with Gasteiger partial charge in [-0.15, -0.1) is 0 Å². The first kappa shape index (κ1) is 12.1. The summed E-state index contributed by atoms with van der Waals surface area (Å²) in [4.78, 5) is 3.99. The van der Waals surface area contributed by atoms with Crippen LogP contribution >= 0.6 is 15.9 Å². The van der Waals surface area contributed by atoms with Crippen LogP contribution in [-0.2, 0) is 11.8 Å². The third-order valence-electron chi connectivity index (χ3n) is 2.46. The van der Waals surface area contributed by atoms with Crippen LogP contribution < -0.4 is 4.74 Å². The molecule has 88 valence electrons. The zero-order chi connectivity index (χ0) is 11.9. The molecular weight excluding hydrogens is 278 g/mol. The molecule has 0 N–H and O–H groups in total. The molecule has 0 unspecified atom stereocenters. The van der Waals surface area contributed by atoms with Gasteiger partial charge in [-0.2, -0.15) is 0 Å². The van der Waals surface area contributed by atoms with Crippen LogP contribution in [0.4, 0.5) is 0 Å². The van der Waals surface area contributed by atoms with Crippen LogP contribution in [0.5, 0.6) is 5.75 Å². The summed E-state index contributed by atoms with van der Waals surface area (Å²) in [5.41, 5.74) is 2.48. The molecular formula is C14H14BrNO. The minimum absolute atomic E-state index is 0.690. The predicted molar refractivity (Wildman–Crippen MR) is 72.5 cm³/mol. The Balaban J connectivity index is 1.86. The van der Waals surface area contributed by atoms with Crippen LogP contribution in [-0.4, -0.2) is 11.6 Å². The average molecular weight is 292 g/mol. The van der Waals surface area contributed by atoms with Crippen LogP contribution in [0, 0.1) is 0 Å². The number of halogens is 1. The fourth-order valence-corrected chi connectivity index (χ4v) is 1.90. The summed E-state index contributed by atoms with van der Waals surface area (Å²) in [6, 6.07) is 12.2. The van der Waals surface area contributed by atoms with Gasteiger partial charge in [-0.05, 0) is 35.4 Å². The Morgan fingerprint density at radius 3 is 2.65 bits per heavy atom. The highest BCUT2D eigenvalue weighted by Gasteiger charge is 1.97. The molecule has 0 radical (unpaired) electrons. The molecule has 2 rings (SSSR count). The van der Waals surface area contributed by atoms with E-state index in [1.807, 2.05) is 24.3 Å². The van der Waals surface area contributed by atoms with Crippen LogP contribution in [0.1, 0.15) is 11.1 Å². The Hall–Kier alpha value is -1.35. The SMILES string of the molecule is BrCc1cccc(OCCc2ccncc2)c1. The second kappa shape index (κ2) is 6.40. The summed E-state index contributed by atoms with van der Waals surface area (Å²) in [6.07, 6.45) is 4.52. The van der Waals surface area contributed by atoms with Crippen molar-refractivity contribution in [3.05, 3.63) is 59.9 Å². The molecule has 17 heavy (non-hydrogen) atoms. The van der Waals surface area contributed by atoms with Crippen molar-refractivity contribution >= 4 is 15.9 Å². The standard InChI is InChI=1S/C14H14BrNO/c15-11-13-2-1-3-14(10-13)17-9-6-12-4-7-16-8-5-12/h1-5,7-8,10H,6,9,11H2. The van der Waals surface area contributed by atoms with Gasteiger partial charge in [0, 0.05) is 24.1 Å². The van der Waals surface area contributed by atoms with Gasteiger partial charge in [0.25, 0.3) is 0 Å². The van der Waals surface area contributed by atoms with Gasteiger partial charge in [0.15, 0.2) is 0 Å². The van der Waals surface area contributed by atoms with Gasteiger partial charge in [0.05, 0.1) is 6.61 Å². The van der Waals surface area contributed by atoms with Crippen LogP contribution in [0.3, 0.4) is 0 Å². The number of pyridine rings is 1. The van der Waals surface area contributed by atoms with Crippen molar-refractivity contribution in [2.45, 2.75) is 11.8 Å². The lowest BCUT2D eigenvalue weighted by Crippen LogP contribution is -2.01. The quantitative estimate of drug-likeness (QED) is 0.786. The lowest BCUT2D eigenvalue weighted by Gasteiger charge is -2.07. The number of benzene rings is 1. The number of ether oxygens (including phenoxy) is 1. The third-order valence-corrected chi connectivity index (χ3v) is 3.11. The maximum absolute atomic E-state index is 5.71. The van der Waals surface area contributed by atoms with E-state index in [9.17, 15) is 0 Å². The van der Waals surface area contributed by atoms with E-state index >= 15 is 0 Å². The van der Waals surface area contributed by atoms with Gasteiger partial charge in [0.1, 0.15) is 5.75 Å². The smallest absolute Gasteiger partial charge is 0.119 e. The van der Waals surface area contributed by atoms with E-state index in [2.05, 4.69) is 33.0 Å². The van der Waals surface area contributed by atoms with Crippen molar-refractivity contribution in [1.29, 1.82) is 0 Å². The lowest BCUT2D eigenvalue weighted by atomic mass is 10.2. The number of aromatic nitrogens is 1. The van der Waals surface area contributed by atoms with Gasteiger partial charge in [-0.3, -0.25) is 4.98 Å². The van der Waals surface area contributed by atoms with Gasteiger partial charge < -0.3 is 4.74 Å². The first-order valence-electron chi connectivity index (χ1n) is 5.55. The van der Waals surface area contributed by atoms with Gasteiger partial charge in [-0.25, -0.2) is 0 Å². The topological polar surface area (TPSA) is 22.1 Å². The maximum Gasteiger partial charge on any atom is 0.119 e. The molecule has 0 fully saturated rings. The Labute approximate surface area is 110 Å². The normalized spacial score (nSPS) is 10.2. The molecule has 0 spiro atoms. The predicted octanol–water partition coefficient (Wildman–Crippen LogP) is 3.60. The van der Waals surface area contributed by atoms with Gasteiger partial charge in [0.2, 0.25) is 0 Å². The molecule has 0 saturated carbocycles. The van der Waals surface area contributed by atoms with E-state index < -0.39 is 0 Å². The third kappa shape index (κ3) is 3.86. The summed E-state index contributed by atoms with van der Waals surface area (Å²) in [5, 5.41) is 0.856. The molecule has 0 aliphatic heterocycles. The van der Waals surface area contributed by atoms with E-state index in [0.717, 1.165) is 17.5 Å². The number of nitrogens with zero attached hydrogens (tertiary/aromatic N) is 1. The largest absolute Gasteiger partial charge is 0.493 e. The second-order valence-corrected chi connectivity index (χ2v) is 4.30. The summed E-state index contributed by atoms with van der Waals surface area (Å²) in [6.45, 7) is 0.690. The summed E-state index contributed by atoms with van der Waals surface area (Å²) in [5.74, 6) is 0.927. The molecule has 3 heteroatoms. The Bertz CT molecular complexity index is 459. The van der Waals surface area contributed by atoms with E-state index in [1.54, 1.807) is 12.4 Å². The number of hydrogen-bond acceptors (Lipinski definition) is 2. The minimum Gasteiger partial charge on any atom is -0.493 e. The monoisotopic (exact) mass is 291 g/mol. The Morgan fingerprint density at radius 1 is 1.06 bits per heavy atom. The van der Waals surface area contributed by atoms with E-state index in [4.69, 9.17) is 4.74 Å². The van der Waals surface area contributed by atoms with Crippen LogP contribution in [0.15, 0.2) is 48.8 Å². The van der Waals surface area contributed by atoms with Crippen molar-refractivity contribution in [3.63, 3.8) is 0 Å². The minimum atomic E-state index is 0.690. The number of hydrogen-bond donors (Lipinski definition) is 0. The molecule has 1 heterocycles. The van der Waals surface area contributed by atoms with E-state index in [0.29, 0.717) is 6.61 Å². The first-order chi connectivity index (χ1) is 8.38. The highest BCUT2D eigenvalue weighted by Crippen LogP contribution is 2.15. The van der Waals surface area contributed by atoms with Crippen LogP contribution in [0.25, 0.3) is 0 Å². The van der Waals surface area contributed by atoms with Crippen molar-refractivity contribution in [2.24, 2.45) is 0 Å². The lowest BCUT2D eigenvalue weighted by molar-refractivity contribution is 0.321. The molecule has 0 bridgehead atoms. The van der Waals surface area contributed by atoms with Gasteiger partial charge >= 0.3 is 0 Å². The van der Waals surface area contributed by atoms with Gasteiger partial charge in [-0.1, -0.05) is 28.1 Å². The molecule has 1 aromatic carbocycles. The maximum atomic E-state index is 5.71. The van der Waals surface area contributed by atoms with Crippen molar-refractivity contribution in [2.75, 3.05) is 6.61 Å². The van der Waals surface area contributed by atoms with Crippen LogP contribution in [0.2, 0.25) is 0 Å². The fourth-order valence-electron chi connectivity index (χ4n) is 1.55. The molecule has 0 amide bonds. The average Bonchev–Trinajstić information content (AvgIpc) is 2.40. The second-order valence-electron chi connectivity index (χ2n) is 3.73. The van der Waals surface area contributed by atoms with E-state index in [1.165, 1.54) is 11.1 Å². The highest BCUT2D eigenvalue weighted by molar-refractivity contribution is 9.08. The molecule has 0 saturated heterocycles. The Kier molecular flexibility index (Phi) is 4.56. The molecule has 0 aliphatic carbocycles. The fraction of sp³-hybridized carbons (Fsp3) is 0.214. The van der Waals surface area contributed by atoms with Crippen molar-refractivity contribution in [1.82, 2.24) is 4.98 Å². The van der Waals surface area contributed by atoms with E-state index in [-0.39, 0.29) is 0 Å².